The number of hydrogen-bond donors (Lipinski definition) is 1. The fourth-order valence-corrected chi connectivity index (χ4v) is 2.11. The number of rotatable bonds is 4. The van der Waals surface area contributed by atoms with Crippen LogP contribution in [0.2, 0.25) is 5.02 Å². The molecule has 0 bridgehead atoms. The third-order valence-electron chi connectivity index (χ3n) is 3.11. The molecule has 0 aliphatic rings. The van der Waals surface area contributed by atoms with Crippen molar-refractivity contribution in [2.24, 2.45) is 5.73 Å². The smallest absolute Gasteiger partial charge is 0.182 e. The molecular formula is C15H15ClF2N2. The van der Waals surface area contributed by atoms with E-state index in [-0.39, 0.29) is 17.8 Å². The van der Waals surface area contributed by atoms with E-state index < -0.39 is 11.6 Å². The minimum atomic E-state index is -0.882. The molecule has 0 radical (unpaired) electrons. The van der Waals surface area contributed by atoms with Crippen LogP contribution in [0.3, 0.4) is 0 Å². The molecule has 0 saturated carbocycles. The highest BCUT2D eigenvalue weighted by molar-refractivity contribution is 6.30. The van der Waals surface area contributed by atoms with Crippen LogP contribution in [-0.2, 0) is 13.1 Å². The van der Waals surface area contributed by atoms with Gasteiger partial charge in [-0.25, -0.2) is 8.78 Å². The summed E-state index contributed by atoms with van der Waals surface area (Å²) in [7, 11) is 1.70. The highest BCUT2D eigenvalue weighted by atomic mass is 35.5. The molecule has 0 aliphatic carbocycles. The van der Waals surface area contributed by atoms with Gasteiger partial charge in [0, 0.05) is 30.7 Å². The van der Waals surface area contributed by atoms with Crippen LogP contribution in [0.1, 0.15) is 11.1 Å². The monoisotopic (exact) mass is 296 g/mol. The van der Waals surface area contributed by atoms with E-state index in [2.05, 4.69) is 0 Å². The van der Waals surface area contributed by atoms with Crippen LogP contribution in [0.25, 0.3) is 0 Å². The summed E-state index contributed by atoms with van der Waals surface area (Å²) in [5.74, 6) is -1.75. The molecule has 0 spiro atoms. The maximum absolute atomic E-state index is 14.0. The Morgan fingerprint density at radius 2 is 1.70 bits per heavy atom. The van der Waals surface area contributed by atoms with Gasteiger partial charge in [0.2, 0.25) is 0 Å². The standard InChI is InChI=1S/C15H15ClF2N2/c1-20(9-10-2-5-12(16)6-3-10)13-7-4-11(8-19)14(17)15(13)18/h2-7H,8-9,19H2,1H3. The van der Waals surface area contributed by atoms with E-state index in [1.54, 1.807) is 24.1 Å². The Bertz CT molecular complexity index is 600. The quantitative estimate of drug-likeness (QED) is 0.932. The average Bonchev–Trinajstić information content (AvgIpc) is 2.44. The van der Waals surface area contributed by atoms with Gasteiger partial charge in [0.25, 0.3) is 0 Å². The Balaban J connectivity index is 2.23. The van der Waals surface area contributed by atoms with Crippen molar-refractivity contribution in [1.82, 2.24) is 0 Å². The van der Waals surface area contributed by atoms with Crippen molar-refractivity contribution in [3.05, 3.63) is 64.2 Å². The molecule has 0 heterocycles. The molecule has 0 saturated heterocycles. The largest absolute Gasteiger partial charge is 0.368 e. The summed E-state index contributed by atoms with van der Waals surface area (Å²) in [5, 5.41) is 0.640. The molecule has 5 heteroatoms. The molecule has 106 valence electrons. The van der Waals surface area contributed by atoms with Crippen LogP contribution in [0, 0.1) is 11.6 Å². The summed E-state index contributed by atoms with van der Waals surface area (Å²) in [4.78, 5) is 1.64. The van der Waals surface area contributed by atoms with Gasteiger partial charge in [0.1, 0.15) is 0 Å². The molecule has 2 N–H and O–H groups in total. The SMILES string of the molecule is CN(Cc1ccc(Cl)cc1)c1ccc(CN)c(F)c1F. The lowest BCUT2D eigenvalue weighted by Gasteiger charge is -2.21. The molecule has 2 nitrogen and oxygen atoms in total. The Hall–Kier alpha value is -1.65. The molecule has 0 amide bonds. The Morgan fingerprint density at radius 1 is 1.05 bits per heavy atom. The fraction of sp³-hybridized carbons (Fsp3) is 0.200. The van der Waals surface area contributed by atoms with Gasteiger partial charge in [-0.15, -0.1) is 0 Å². The lowest BCUT2D eigenvalue weighted by Crippen LogP contribution is -2.19. The van der Waals surface area contributed by atoms with Crippen molar-refractivity contribution in [2.45, 2.75) is 13.1 Å². The number of benzene rings is 2. The summed E-state index contributed by atoms with van der Waals surface area (Å²) < 4.78 is 27.7. The van der Waals surface area contributed by atoms with Crippen molar-refractivity contribution in [3.8, 4) is 0 Å². The van der Waals surface area contributed by atoms with Gasteiger partial charge in [-0.3, -0.25) is 0 Å². The molecule has 2 aromatic carbocycles. The van der Waals surface area contributed by atoms with Gasteiger partial charge < -0.3 is 10.6 Å². The van der Waals surface area contributed by atoms with Gasteiger partial charge in [-0.2, -0.15) is 0 Å². The van der Waals surface area contributed by atoms with Crippen molar-refractivity contribution in [2.75, 3.05) is 11.9 Å². The zero-order chi connectivity index (χ0) is 14.7. The van der Waals surface area contributed by atoms with Crippen LogP contribution in [0.4, 0.5) is 14.5 Å². The third-order valence-corrected chi connectivity index (χ3v) is 3.36. The van der Waals surface area contributed by atoms with Crippen LogP contribution in [0.15, 0.2) is 36.4 Å². The summed E-state index contributed by atoms with van der Waals surface area (Å²) in [5.41, 5.74) is 6.68. The highest BCUT2D eigenvalue weighted by Gasteiger charge is 2.15. The topological polar surface area (TPSA) is 29.3 Å². The maximum atomic E-state index is 14.0. The lowest BCUT2D eigenvalue weighted by molar-refractivity contribution is 0.498. The second kappa shape index (κ2) is 6.20. The Labute approximate surface area is 121 Å². The van der Waals surface area contributed by atoms with Crippen molar-refractivity contribution >= 4 is 17.3 Å². The number of nitrogens with two attached hydrogens (primary N) is 1. The normalized spacial score (nSPS) is 10.7. The number of nitrogens with zero attached hydrogens (tertiary/aromatic N) is 1. The first-order chi connectivity index (χ1) is 9.52. The van der Waals surface area contributed by atoms with Crippen LogP contribution >= 0.6 is 11.6 Å². The lowest BCUT2D eigenvalue weighted by atomic mass is 10.1. The van der Waals surface area contributed by atoms with E-state index >= 15 is 0 Å². The zero-order valence-electron chi connectivity index (χ0n) is 11.0. The van der Waals surface area contributed by atoms with Crippen LogP contribution < -0.4 is 10.6 Å². The summed E-state index contributed by atoms with van der Waals surface area (Å²) in [6.07, 6.45) is 0. The molecule has 0 fully saturated rings. The molecule has 0 unspecified atom stereocenters. The first-order valence-electron chi connectivity index (χ1n) is 6.15. The van der Waals surface area contributed by atoms with Gasteiger partial charge in [0.15, 0.2) is 11.6 Å². The first kappa shape index (κ1) is 14.8. The molecule has 2 aromatic rings. The fourth-order valence-electron chi connectivity index (χ4n) is 1.98. The van der Waals surface area contributed by atoms with E-state index in [1.807, 2.05) is 12.1 Å². The molecular weight excluding hydrogens is 282 g/mol. The molecule has 0 aromatic heterocycles. The number of anilines is 1. The van der Waals surface area contributed by atoms with E-state index in [1.165, 1.54) is 12.1 Å². The minimum Gasteiger partial charge on any atom is -0.368 e. The first-order valence-corrected chi connectivity index (χ1v) is 6.53. The molecule has 2 rings (SSSR count). The molecule has 20 heavy (non-hydrogen) atoms. The Kier molecular flexibility index (Phi) is 4.57. The summed E-state index contributed by atoms with van der Waals surface area (Å²) >= 11 is 5.81. The zero-order valence-corrected chi connectivity index (χ0v) is 11.8. The van der Waals surface area contributed by atoms with E-state index in [0.717, 1.165) is 5.56 Å². The summed E-state index contributed by atoms with van der Waals surface area (Å²) in [6, 6.07) is 10.3. The van der Waals surface area contributed by atoms with Gasteiger partial charge in [-0.05, 0) is 23.8 Å². The average molecular weight is 297 g/mol. The third kappa shape index (κ3) is 3.08. The number of hydrogen-bond acceptors (Lipinski definition) is 2. The predicted octanol–water partition coefficient (Wildman–Crippen LogP) is 3.71. The second-order valence-electron chi connectivity index (χ2n) is 4.56. The highest BCUT2D eigenvalue weighted by Crippen LogP contribution is 2.24. The van der Waals surface area contributed by atoms with E-state index in [9.17, 15) is 8.78 Å². The van der Waals surface area contributed by atoms with Crippen LogP contribution in [-0.4, -0.2) is 7.05 Å². The van der Waals surface area contributed by atoms with Gasteiger partial charge in [0.05, 0.1) is 5.69 Å². The van der Waals surface area contributed by atoms with Crippen molar-refractivity contribution in [1.29, 1.82) is 0 Å². The van der Waals surface area contributed by atoms with Crippen molar-refractivity contribution in [3.63, 3.8) is 0 Å². The van der Waals surface area contributed by atoms with Crippen LogP contribution in [0.5, 0.6) is 0 Å². The molecule has 0 atom stereocenters. The summed E-state index contributed by atoms with van der Waals surface area (Å²) in [6.45, 7) is 0.430. The van der Waals surface area contributed by atoms with E-state index in [4.69, 9.17) is 17.3 Å². The second-order valence-corrected chi connectivity index (χ2v) is 4.99. The predicted molar refractivity (Wildman–Crippen MR) is 77.8 cm³/mol. The molecule has 0 aliphatic heterocycles. The van der Waals surface area contributed by atoms with Gasteiger partial charge in [-0.1, -0.05) is 29.8 Å². The maximum Gasteiger partial charge on any atom is 0.182 e. The Morgan fingerprint density at radius 3 is 2.30 bits per heavy atom. The van der Waals surface area contributed by atoms with E-state index in [0.29, 0.717) is 11.6 Å². The number of halogens is 3. The van der Waals surface area contributed by atoms with Crippen molar-refractivity contribution < 1.29 is 8.78 Å². The minimum absolute atomic E-state index is 0.0239. The van der Waals surface area contributed by atoms with Gasteiger partial charge >= 0.3 is 0 Å².